The molecular formula is C23H26Cl2N4O5. The molecule has 34 heavy (non-hydrogen) atoms. The van der Waals surface area contributed by atoms with Gasteiger partial charge >= 0.3 is 0 Å². The minimum Gasteiger partial charge on any atom is -0.479 e. The van der Waals surface area contributed by atoms with Gasteiger partial charge in [0.2, 0.25) is 0 Å². The summed E-state index contributed by atoms with van der Waals surface area (Å²) in [6, 6.07) is 8.37. The highest BCUT2D eigenvalue weighted by Gasteiger charge is 2.25. The molecule has 0 aromatic heterocycles. The quantitative estimate of drug-likeness (QED) is 0.274. The van der Waals surface area contributed by atoms with Crippen molar-refractivity contribution in [3.8, 4) is 5.75 Å². The first-order chi connectivity index (χ1) is 16.0. The number of nitrogens with zero attached hydrogens (tertiary/aromatic N) is 2. The highest BCUT2D eigenvalue weighted by molar-refractivity contribution is 6.35. The summed E-state index contributed by atoms with van der Waals surface area (Å²) in [6.45, 7) is 6.99. The lowest BCUT2D eigenvalue weighted by atomic mass is 10.0. The molecule has 2 aromatic carbocycles. The van der Waals surface area contributed by atoms with E-state index in [4.69, 9.17) is 27.9 Å². The van der Waals surface area contributed by atoms with E-state index in [1.54, 1.807) is 31.2 Å². The van der Waals surface area contributed by atoms with E-state index in [0.29, 0.717) is 22.6 Å². The van der Waals surface area contributed by atoms with Gasteiger partial charge in [-0.25, -0.2) is 5.43 Å². The van der Waals surface area contributed by atoms with Crippen molar-refractivity contribution in [3.05, 3.63) is 67.7 Å². The number of aryl methyl sites for hydroxylation is 1. The Morgan fingerprint density at radius 2 is 1.85 bits per heavy atom. The molecule has 2 N–H and O–H groups in total. The summed E-state index contributed by atoms with van der Waals surface area (Å²) in [4.78, 5) is 35.9. The van der Waals surface area contributed by atoms with Crippen LogP contribution < -0.4 is 15.5 Å². The van der Waals surface area contributed by atoms with E-state index in [9.17, 15) is 19.7 Å². The lowest BCUT2D eigenvalue weighted by Gasteiger charge is -2.22. The second kappa shape index (κ2) is 12.3. The summed E-state index contributed by atoms with van der Waals surface area (Å²) in [5.74, 6) is -0.654. The molecule has 0 saturated heterocycles. The number of rotatable bonds is 10. The van der Waals surface area contributed by atoms with Crippen LogP contribution in [0.15, 0.2) is 41.5 Å². The van der Waals surface area contributed by atoms with E-state index in [1.807, 2.05) is 13.8 Å². The van der Waals surface area contributed by atoms with Crippen LogP contribution in [-0.2, 0) is 9.59 Å². The Bertz CT molecular complexity index is 1090. The number of halogens is 2. The summed E-state index contributed by atoms with van der Waals surface area (Å²) in [5, 5.41) is 18.3. The van der Waals surface area contributed by atoms with Crippen LogP contribution >= 0.6 is 23.2 Å². The van der Waals surface area contributed by atoms with Crippen molar-refractivity contribution in [2.45, 2.75) is 46.3 Å². The smallest absolute Gasteiger partial charge is 0.272 e. The summed E-state index contributed by atoms with van der Waals surface area (Å²) in [7, 11) is 0. The number of amides is 2. The summed E-state index contributed by atoms with van der Waals surface area (Å²) in [5.41, 5.74) is 3.30. The fourth-order valence-corrected chi connectivity index (χ4v) is 3.41. The zero-order valence-electron chi connectivity index (χ0n) is 19.2. The minimum absolute atomic E-state index is 0.0463. The predicted molar refractivity (Wildman–Crippen MR) is 132 cm³/mol. The molecule has 0 radical (unpaired) electrons. The van der Waals surface area contributed by atoms with E-state index in [0.717, 1.165) is 0 Å². The second-order valence-electron chi connectivity index (χ2n) is 8.06. The Morgan fingerprint density at radius 3 is 2.47 bits per heavy atom. The van der Waals surface area contributed by atoms with Crippen molar-refractivity contribution >= 4 is 46.9 Å². The van der Waals surface area contributed by atoms with Crippen molar-refractivity contribution in [2.75, 3.05) is 0 Å². The van der Waals surface area contributed by atoms with Gasteiger partial charge in [0, 0.05) is 22.2 Å². The number of carbonyl (C=O) groups is 2. The Hall–Kier alpha value is -3.17. The Labute approximate surface area is 207 Å². The van der Waals surface area contributed by atoms with Gasteiger partial charge in [0.25, 0.3) is 17.5 Å². The molecular weight excluding hydrogens is 483 g/mol. The van der Waals surface area contributed by atoms with E-state index in [-0.39, 0.29) is 22.4 Å². The largest absolute Gasteiger partial charge is 0.479 e. The maximum absolute atomic E-state index is 12.7. The number of hydrogen-bond donors (Lipinski definition) is 2. The standard InChI is InChI=1S/C23H26Cl2N4O5/c1-13(2)9-19(27-22(30)15(4)34-21-8-7-17(24)11-18(21)25)23(31)28-26-12-16-6-5-14(3)20(10-16)29(32)33/h5-8,10-13,15,19H,9H2,1-4H3,(H,27,30)(H,28,31)/b26-12-/t15-,19+/m1/s1. The maximum Gasteiger partial charge on any atom is 0.272 e. The van der Waals surface area contributed by atoms with Crippen molar-refractivity contribution in [1.29, 1.82) is 0 Å². The number of benzene rings is 2. The van der Waals surface area contributed by atoms with Gasteiger partial charge in [-0.2, -0.15) is 5.10 Å². The predicted octanol–water partition coefficient (Wildman–Crippen LogP) is 4.66. The van der Waals surface area contributed by atoms with Crippen molar-refractivity contribution in [2.24, 2.45) is 11.0 Å². The van der Waals surface area contributed by atoms with Crippen LogP contribution in [0.1, 0.15) is 38.3 Å². The minimum atomic E-state index is -0.933. The van der Waals surface area contributed by atoms with E-state index in [2.05, 4.69) is 15.8 Å². The van der Waals surface area contributed by atoms with E-state index in [1.165, 1.54) is 25.3 Å². The van der Waals surface area contributed by atoms with Gasteiger partial charge in [-0.3, -0.25) is 19.7 Å². The van der Waals surface area contributed by atoms with Crippen molar-refractivity contribution in [3.63, 3.8) is 0 Å². The number of ether oxygens (including phenoxy) is 1. The fourth-order valence-electron chi connectivity index (χ4n) is 2.96. The number of carbonyl (C=O) groups excluding carboxylic acids is 2. The van der Waals surface area contributed by atoms with Crippen LogP contribution in [0.3, 0.4) is 0 Å². The van der Waals surface area contributed by atoms with Crippen LogP contribution in [0.5, 0.6) is 5.75 Å². The lowest BCUT2D eigenvalue weighted by Crippen LogP contribution is -2.49. The molecule has 2 amide bonds. The molecule has 0 heterocycles. The zero-order chi connectivity index (χ0) is 25.4. The number of hydrogen-bond acceptors (Lipinski definition) is 6. The number of nitro groups is 1. The van der Waals surface area contributed by atoms with Gasteiger partial charge in [-0.15, -0.1) is 0 Å². The van der Waals surface area contributed by atoms with E-state index >= 15 is 0 Å². The van der Waals surface area contributed by atoms with Crippen molar-refractivity contribution < 1.29 is 19.2 Å². The second-order valence-corrected chi connectivity index (χ2v) is 8.91. The van der Waals surface area contributed by atoms with Gasteiger partial charge in [0.05, 0.1) is 16.2 Å². The lowest BCUT2D eigenvalue weighted by molar-refractivity contribution is -0.385. The van der Waals surface area contributed by atoms with Gasteiger partial charge in [0.1, 0.15) is 11.8 Å². The highest BCUT2D eigenvalue weighted by Crippen LogP contribution is 2.28. The molecule has 0 bridgehead atoms. The van der Waals surface area contributed by atoms with Crippen LogP contribution in [-0.4, -0.2) is 35.1 Å². The molecule has 9 nitrogen and oxygen atoms in total. The van der Waals surface area contributed by atoms with Crippen LogP contribution in [0.2, 0.25) is 10.0 Å². The number of hydrazone groups is 1. The van der Waals surface area contributed by atoms with Crippen LogP contribution in [0.25, 0.3) is 0 Å². The summed E-state index contributed by atoms with van der Waals surface area (Å²) in [6.07, 6.45) is 0.724. The molecule has 0 unspecified atom stereocenters. The normalized spacial score (nSPS) is 12.9. The zero-order valence-corrected chi connectivity index (χ0v) is 20.7. The Balaban J connectivity index is 2.04. The molecule has 0 aliphatic heterocycles. The number of nitro benzene ring substituents is 1. The molecule has 11 heteroatoms. The van der Waals surface area contributed by atoms with Gasteiger partial charge in [-0.05, 0) is 44.4 Å². The third kappa shape index (κ3) is 8.00. The SMILES string of the molecule is Cc1ccc(/C=N\NC(=O)[C@H](CC(C)C)NC(=O)[C@@H](C)Oc2ccc(Cl)cc2Cl)cc1[N+](=O)[O-]. The van der Waals surface area contributed by atoms with Crippen LogP contribution in [0, 0.1) is 23.0 Å². The molecule has 182 valence electrons. The molecule has 2 atom stereocenters. The summed E-state index contributed by atoms with van der Waals surface area (Å²) >= 11 is 12.0. The maximum atomic E-state index is 12.7. The first kappa shape index (κ1) is 27.1. The Kier molecular flexibility index (Phi) is 9.83. The van der Waals surface area contributed by atoms with Gasteiger partial charge in [-0.1, -0.05) is 49.2 Å². The topological polar surface area (TPSA) is 123 Å². The monoisotopic (exact) mass is 508 g/mol. The van der Waals surface area contributed by atoms with Gasteiger partial charge in [0.15, 0.2) is 6.10 Å². The molecule has 0 saturated carbocycles. The molecule has 0 spiro atoms. The highest BCUT2D eigenvalue weighted by atomic mass is 35.5. The third-order valence-electron chi connectivity index (χ3n) is 4.73. The molecule has 2 aromatic rings. The molecule has 0 aliphatic rings. The summed E-state index contributed by atoms with van der Waals surface area (Å²) < 4.78 is 5.61. The van der Waals surface area contributed by atoms with Crippen LogP contribution in [0.4, 0.5) is 5.69 Å². The third-order valence-corrected chi connectivity index (χ3v) is 5.26. The Morgan fingerprint density at radius 1 is 1.15 bits per heavy atom. The average Bonchev–Trinajstić information content (AvgIpc) is 2.75. The molecule has 2 rings (SSSR count). The van der Waals surface area contributed by atoms with E-state index < -0.39 is 28.9 Å². The first-order valence-corrected chi connectivity index (χ1v) is 11.2. The first-order valence-electron chi connectivity index (χ1n) is 10.5. The van der Waals surface area contributed by atoms with Gasteiger partial charge < -0.3 is 10.1 Å². The molecule has 0 fully saturated rings. The average molecular weight is 509 g/mol. The number of nitrogens with one attached hydrogen (secondary N) is 2. The molecule has 0 aliphatic carbocycles. The fraction of sp³-hybridized carbons (Fsp3) is 0.348. The van der Waals surface area contributed by atoms with Crippen molar-refractivity contribution in [1.82, 2.24) is 10.7 Å².